The van der Waals surface area contributed by atoms with Crippen LogP contribution in [0.5, 0.6) is 0 Å². The second-order valence-electron chi connectivity index (χ2n) is 10.9. The average Bonchev–Trinajstić information content (AvgIpc) is 3.73. The van der Waals surface area contributed by atoms with E-state index in [0.29, 0.717) is 0 Å². The summed E-state index contributed by atoms with van der Waals surface area (Å²) in [4.78, 5) is 18.5. The molecule has 220 valence electrons. The van der Waals surface area contributed by atoms with Crippen molar-refractivity contribution in [1.29, 1.82) is 0 Å². The molecule has 0 saturated heterocycles. The van der Waals surface area contributed by atoms with Crippen molar-refractivity contribution >= 4 is 44.4 Å². The third-order valence-electron chi connectivity index (χ3n) is 8.91. The number of aromatic nitrogens is 4. The van der Waals surface area contributed by atoms with Gasteiger partial charge in [-0.15, -0.1) is 0 Å². The van der Waals surface area contributed by atoms with Crippen molar-refractivity contribution in [2.45, 2.75) is 107 Å². The minimum Gasteiger partial charge on any atom is -0.355 e. The molecule has 0 fully saturated rings. The second-order valence-corrected chi connectivity index (χ2v) is 10.9. The van der Waals surface area contributed by atoms with Gasteiger partial charge in [-0.1, -0.05) is 55.4 Å². The molecule has 5 heteroatoms. The van der Waals surface area contributed by atoms with Gasteiger partial charge in [0.1, 0.15) is 0 Å². The summed E-state index contributed by atoms with van der Waals surface area (Å²) in [5.74, 6) is 0. The summed E-state index contributed by atoms with van der Waals surface area (Å²) >= 11 is 0. The Labute approximate surface area is 256 Å². The molecule has 3 aromatic rings. The summed E-state index contributed by atoms with van der Waals surface area (Å²) in [5.41, 5.74) is 20.3. The van der Waals surface area contributed by atoms with Gasteiger partial charge in [-0.25, -0.2) is 9.97 Å². The summed E-state index contributed by atoms with van der Waals surface area (Å²) in [6.07, 6.45) is 7.74. The maximum absolute atomic E-state index is 5.57. The van der Waals surface area contributed by atoms with Crippen LogP contribution < -0.4 is 0 Å². The van der Waals surface area contributed by atoms with Gasteiger partial charge in [-0.3, -0.25) is 0 Å². The number of aryl methyl sites for hydroxylation is 3. The number of H-pyrrole nitrogens is 2. The largest absolute Gasteiger partial charge is 0.355 e. The zero-order valence-electron chi connectivity index (χ0n) is 26.2. The van der Waals surface area contributed by atoms with E-state index in [4.69, 9.17) is 9.97 Å². The predicted molar refractivity (Wildman–Crippen MR) is 173 cm³/mol. The molecule has 41 heavy (non-hydrogen) atoms. The molecule has 0 amide bonds. The van der Waals surface area contributed by atoms with E-state index in [-0.39, 0.29) is 16.5 Å². The summed E-state index contributed by atoms with van der Waals surface area (Å²) < 4.78 is 0. The van der Waals surface area contributed by atoms with Crippen molar-refractivity contribution in [1.82, 2.24) is 19.9 Å². The topological polar surface area (TPSA) is 57.4 Å². The normalized spacial score (nSPS) is 13.3. The van der Waals surface area contributed by atoms with Gasteiger partial charge >= 0.3 is 0 Å². The standard InChI is InChI=1S/C36H46N4.Ni/c1-9-23-25(11-3)33-29(15-7)35-27(13-5)28(14-6)36(40-35)30(16-8)34-26(12-4)24(10-2)32(39-34)20-22-18-17-21(37-22)19-31(23)38-33;/h17-20,37-38H,9-16H2,1-8H3;. The zero-order valence-corrected chi connectivity index (χ0v) is 27.2. The van der Waals surface area contributed by atoms with Crippen LogP contribution >= 0.6 is 0 Å². The van der Waals surface area contributed by atoms with Crippen molar-refractivity contribution in [3.8, 4) is 0 Å². The van der Waals surface area contributed by atoms with Crippen LogP contribution in [0.25, 0.3) is 44.4 Å². The summed E-state index contributed by atoms with van der Waals surface area (Å²) in [5, 5.41) is 0. The van der Waals surface area contributed by atoms with Crippen LogP contribution in [0, 0.1) is 0 Å². The average molecular weight is 593 g/mol. The zero-order chi connectivity index (χ0) is 28.6. The molecule has 3 aromatic heterocycles. The molecule has 2 aliphatic heterocycles. The van der Waals surface area contributed by atoms with E-state index in [1.54, 1.807) is 0 Å². The molecule has 8 bridgehead atoms. The fourth-order valence-electron chi connectivity index (χ4n) is 7.07. The Bertz CT molecular complexity index is 1680. The van der Waals surface area contributed by atoms with Crippen LogP contribution in [0.1, 0.15) is 126 Å². The van der Waals surface area contributed by atoms with Crippen LogP contribution in [0.15, 0.2) is 24.3 Å². The van der Waals surface area contributed by atoms with E-state index in [0.717, 1.165) is 73.8 Å². The summed E-state index contributed by atoms with van der Waals surface area (Å²) in [7, 11) is 0. The molecule has 5 heterocycles. The van der Waals surface area contributed by atoms with Gasteiger partial charge in [0.15, 0.2) is 0 Å². The molecule has 0 spiro atoms. The smallest absolute Gasteiger partial charge is 0.0726 e. The molecular weight excluding hydrogens is 547 g/mol. The van der Waals surface area contributed by atoms with Crippen LogP contribution in [-0.2, 0) is 42.2 Å². The molecule has 0 saturated carbocycles. The van der Waals surface area contributed by atoms with Crippen molar-refractivity contribution in [3.63, 3.8) is 0 Å². The van der Waals surface area contributed by atoms with Crippen molar-refractivity contribution in [2.24, 2.45) is 0 Å². The van der Waals surface area contributed by atoms with Gasteiger partial charge in [0.2, 0.25) is 0 Å². The van der Waals surface area contributed by atoms with Crippen molar-refractivity contribution in [3.05, 3.63) is 69.3 Å². The Hall–Kier alpha value is -2.91. The number of nitrogens with zero attached hydrogens (tertiary/aromatic N) is 2. The third-order valence-corrected chi connectivity index (χ3v) is 8.91. The molecular formula is C36H46N4Ni. The van der Waals surface area contributed by atoms with Crippen LogP contribution in [-0.4, -0.2) is 19.9 Å². The molecule has 2 N–H and O–H groups in total. The van der Waals surface area contributed by atoms with E-state index in [9.17, 15) is 0 Å². The van der Waals surface area contributed by atoms with E-state index < -0.39 is 0 Å². The van der Waals surface area contributed by atoms with Gasteiger partial charge in [-0.2, -0.15) is 0 Å². The number of aromatic amines is 2. The van der Waals surface area contributed by atoms with E-state index in [1.165, 1.54) is 67.0 Å². The van der Waals surface area contributed by atoms with Crippen LogP contribution in [0.4, 0.5) is 0 Å². The Kier molecular flexibility index (Phi) is 9.80. The second kappa shape index (κ2) is 12.9. The Balaban J connectivity index is 0.00000387. The quantitative estimate of drug-likeness (QED) is 0.256. The van der Waals surface area contributed by atoms with Crippen LogP contribution in [0.2, 0.25) is 0 Å². The van der Waals surface area contributed by atoms with E-state index in [1.807, 2.05) is 0 Å². The SMILES string of the molecule is CCC1=C(CC)c2nc1cc1ccc(cc3[nH]c(c(CC)c4nc(c2CC)C(CC)=C4CC)c(CC)c3CC)[nH]1.[Ni]. The fraction of sp³-hybridized carbons (Fsp3) is 0.444. The Morgan fingerprint density at radius 3 is 1.51 bits per heavy atom. The Morgan fingerprint density at radius 2 is 0.976 bits per heavy atom. The fourth-order valence-corrected chi connectivity index (χ4v) is 7.07. The van der Waals surface area contributed by atoms with Gasteiger partial charge in [0.05, 0.1) is 22.8 Å². The molecule has 4 nitrogen and oxygen atoms in total. The molecule has 0 unspecified atom stereocenters. The Morgan fingerprint density at radius 1 is 0.488 bits per heavy atom. The maximum Gasteiger partial charge on any atom is 0.0726 e. The number of rotatable bonds is 8. The first-order valence-corrected chi connectivity index (χ1v) is 15.7. The third kappa shape index (κ3) is 5.16. The monoisotopic (exact) mass is 592 g/mol. The predicted octanol–water partition coefficient (Wildman–Crippen LogP) is 10.0. The van der Waals surface area contributed by atoms with Crippen LogP contribution in [0.3, 0.4) is 0 Å². The van der Waals surface area contributed by atoms with Gasteiger partial charge in [-0.05, 0) is 109 Å². The van der Waals surface area contributed by atoms with E-state index >= 15 is 0 Å². The van der Waals surface area contributed by atoms with Gasteiger partial charge in [0, 0.05) is 49.7 Å². The minimum absolute atomic E-state index is 0. The first kappa shape index (κ1) is 31.0. The molecule has 0 radical (unpaired) electrons. The number of hydrogen-bond acceptors (Lipinski definition) is 2. The molecule has 2 aliphatic rings. The maximum atomic E-state index is 5.57. The summed E-state index contributed by atoms with van der Waals surface area (Å²) in [6, 6.07) is 8.89. The first-order valence-electron chi connectivity index (χ1n) is 15.7. The summed E-state index contributed by atoms with van der Waals surface area (Å²) in [6.45, 7) is 18.2. The molecule has 5 rings (SSSR count). The molecule has 0 atom stereocenters. The number of fused-ring (bicyclic) bond motifs is 8. The van der Waals surface area contributed by atoms with Gasteiger partial charge < -0.3 is 9.97 Å². The van der Waals surface area contributed by atoms with Crippen molar-refractivity contribution in [2.75, 3.05) is 0 Å². The molecule has 0 aromatic carbocycles. The van der Waals surface area contributed by atoms with Gasteiger partial charge in [0.25, 0.3) is 0 Å². The number of hydrogen-bond donors (Lipinski definition) is 2. The van der Waals surface area contributed by atoms with Crippen molar-refractivity contribution < 1.29 is 16.5 Å². The minimum atomic E-state index is 0. The van der Waals surface area contributed by atoms with E-state index in [2.05, 4.69) is 89.6 Å². The first-order chi connectivity index (χ1) is 19.5. The number of nitrogens with one attached hydrogen (secondary N) is 2. The number of allylic oxidation sites excluding steroid dienone is 4. The molecule has 0 aliphatic carbocycles.